The van der Waals surface area contributed by atoms with Crippen molar-refractivity contribution in [1.29, 1.82) is 0 Å². The molecule has 1 heterocycles. The van der Waals surface area contributed by atoms with Crippen LogP contribution in [-0.4, -0.2) is 16.0 Å². The molecule has 1 N–H and O–H groups in total. The maximum atomic E-state index is 5.88. The number of nitrogens with zero attached hydrogens (tertiary/aromatic N) is 2. The van der Waals surface area contributed by atoms with Gasteiger partial charge >= 0.3 is 0 Å². The van der Waals surface area contributed by atoms with E-state index in [-0.39, 0.29) is 0 Å². The molecule has 24 heavy (non-hydrogen) atoms. The zero-order chi connectivity index (χ0) is 16.6. The first-order valence-electron chi connectivity index (χ1n) is 7.46. The summed E-state index contributed by atoms with van der Waals surface area (Å²) < 4.78 is 0.964. The summed E-state index contributed by atoms with van der Waals surface area (Å²) in [5.41, 5.74) is 2.37. The summed E-state index contributed by atoms with van der Waals surface area (Å²) in [5.74, 6) is 0.876. The highest BCUT2D eigenvalue weighted by atomic mass is 35.5. The molecule has 0 fully saturated rings. The van der Waals surface area contributed by atoms with Crippen molar-refractivity contribution in [3.63, 3.8) is 0 Å². The number of thioether (sulfide) groups is 1. The van der Waals surface area contributed by atoms with E-state index in [1.807, 2.05) is 42.5 Å². The van der Waals surface area contributed by atoms with Crippen LogP contribution in [0.4, 0.5) is 5.13 Å². The van der Waals surface area contributed by atoms with Crippen LogP contribution in [0.3, 0.4) is 0 Å². The SMILES string of the molecule is Clc1ccc(CNc2nnc(SC/C=C/c3ccccc3)s2)cc1. The Balaban J connectivity index is 1.45. The van der Waals surface area contributed by atoms with Gasteiger partial charge in [-0.05, 0) is 23.3 Å². The number of hydrogen-bond donors (Lipinski definition) is 1. The van der Waals surface area contributed by atoms with E-state index >= 15 is 0 Å². The number of nitrogens with one attached hydrogen (secondary N) is 1. The number of aromatic nitrogens is 2. The number of rotatable bonds is 7. The highest BCUT2D eigenvalue weighted by molar-refractivity contribution is 8.01. The summed E-state index contributed by atoms with van der Waals surface area (Å²) in [4.78, 5) is 0. The number of hydrogen-bond acceptors (Lipinski definition) is 5. The average Bonchev–Trinajstić information content (AvgIpc) is 3.07. The molecule has 3 aromatic rings. The lowest BCUT2D eigenvalue weighted by atomic mass is 10.2. The van der Waals surface area contributed by atoms with E-state index in [1.54, 1.807) is 23.1 Å². The van der Waals surface area contributed by atoms with Crippen LogP contribution in [0.1, 0.15) is 11.1 Å². The summed E-state index contributed by atoms with van der Waals surface area (Å²) in [6.45, 7) is 0.713. The predicted octanol–water partition coefficient (Wildman–Crippen LogP) is 5.61. The lowest BCUT2D eigenvalue weighted by molar-refractivity contribution is 0.996. The van der Waals surface area contributed by atoms with Gasteiger partial charge in [0.25, 0.3) is 0 Å². The van der Waals surface area contributed by atoms with E-state index in [1.165, 1.54) is 5.56 Å². The first-order chi connectivity index (χ1) is 11.8. The summed E-state index contributed by atoms with van der Waals surface area (Å²) in [5, 5.41) is 13.2. The molecule has 0 amide bonds. The first-order valence-corrected chi connectivity index (χ1v) is 9.64. The fourth-order valence-corrected chi connectivity index (χ4v) is 3.70. The Morgan fingerprint density at radius 3 is 2.62 bits per heavy atom. The molecule has 0 aliphatic heterocycles. The minimum absolute atomic E-state index is 0.713. The van der Waals surface area contributed by atoms with Crippen molar-refractivity contribution in [2.75, 3.05) is 11.1 Å². The maximum Gasteiger partial charge on any atom is 0.206 e. The Morgan fingerprint density at radius 2 is 1.83 bits per heavy atom. The van der Waals surface area contributed by atoms with Gasteiger partial charge in [0.05, 0.1) is 0 Å². The van der Waals surface area contributed by atoms with Crippen molar-refractivity contribution in [2.45, 2.75) is 10.9 Å². The molecule has 0 saturated heterocycles. The molecule has 0 bridgehead atoms. The zero-order valence-electron chi connectivity index (χ0n) is 12.9. The van der Waals surface area contributed by atoms with Gasteiger partial charge in [0, 0.05) is 17.3 Å². The minimum Gasteiger partial charge on any atom is -0.356 e. The summed E-state index contributed by atoms with van der Waals surface area (Å²) in [6, 6.07) is 18.0. The fraction of sp³-hybridized carbons (Fsp3) is 0.111. The van der Waals surface area contributed by atoms with Gasteiger partial charge in [-0.1, -0.05) is 89.3 Å². The molecule has 2 aromatic carbocycles. The van der Waals surface area contributed by atoms with Crippen LogP contribution in [-0.2, 0) is 6.54 Å². The van der Waals surface area contributed by atoms with E-state index in [0.29, 0.717) is 6.54 Å². The quantitative estimate of drug-likeness (QED) is 0.546. The van der Waals surface area contributed by atoms with Gasteiger partial charge in [0.2, 0.25) is 5.13 Å². The van der Waals surface area contributed by atoms with Crippen LogP contribution in [0.15, 0.2) is 65.0 Å². The Kier molecular flexibility index (Phi) is 6.29. The van der Waals surface area contributed by atoms with E-state index in [2.05, 4.69) is 39.8 Å². The number of halogens is 1. The minimum atomic E-state index is 0.713. The standard InChI is InChI=1S/C18H16ClN3S2/c19-16-10-8-15(9-11-16)13-20-17-21-22-18(24-17)23-12-4-7-14-5-2-1-3-6-14/h1-11H,12-13H2,(H,20,21)/b7-4+. The predicted molar refractivity (Wildman–Crippen MR) is 105 cm³/mol. The van der Waals surface area contributed by atoms with Crippen LogP contribution in [0.2, 0.25) is 5.02 Å². The van der Waals surface area contributed by atoms with E-state index < -0.39 is 0 Å². The smallest absolute Gasteiger partial charge is 0.206 e. The van der Waals surface area contributed by atoms with E-state index in [9.17, 15) is 0 Å². The second-order valence-electron chi connectivity index (χ2n) is 4.98. The molecule has 6 heteroatoms. The monoisotopic (exact) mass is 373 g/mol. The first kappa shape index (κ1) is 17.0. The third-order valence-electron chi connectivity index (χ3n) is 3.18. The van der Waals surface area contributed by atoms with Crippen LogP contribution >= 0.6 is 34.7 Å². The Labute approximate surface area is 154 Å². The molecule has 0 atom stereocenters. The van der Waals surface area contributed by atoms with Gasteiger partial charge in [-0.2, -0.15) is 0 Å². The van der Waals surface area contributed by atoms with E-state index in [0.717, 1.165) is 25.8 Å². The zero-order valence-corrected chi connectivity index (χ0v) is 15.2. The molecule has 3 rings (SSSR count). The van der Waals surface area contributed by atoms with Gasteiger partial charge in [0.1, 0.15) is 0 Å². The molecule has 0 saturated carbocycles. The van der Waals surface area contributed by atoms with Crippen molar-refractivity contribution in [3.8, 4) is 0 Å². The van der Waals surface area contributed by atoms with Crippen molar-refractivity contribution in [3.05, 3.63) is 76.8 Å². The highest BCUT2D eigenvalue weighted by Gasteiger charge is 2.03. The largest absolute Gasteiger partial charge is 0.356 e. The van der Waals surface area contributed by atoms with Crippen LogP contribution in [0.5, 0.6) is 0 Å². The molecule has 122 valence electrons. The van der Waals surface area contributed by atoms with Crippen LogP contribution < -0.4 is 5.32 Å². The van der Waals surface area contributed by atoms with Gasteiger partial charge in [-0.15, -0.1) is 10.2 Å². The lowest BCUT2D eigenvalue weighted by Crippen LogP contribution is -1.98. The summed E-state index contributed by atoms with van der Waals surface area (Å²) in [6.07, 6.45) is 4.26. The Bertz CT molecular complexity index is 786. The van der Waals surface area contributed by atoms with Crippen LogP contribution in [0, 0.1) is 0 Å². The summed E-state index contributed by atoms with van der Waals surface area (Å²) >= 11 is 9.14. The third-order valence-corrected chi connectivity index (χ3v) is 5.40. The normalized spacial score (nSPS) is 11.0. The second kappa shape index (κ2) is 8.87. The van der Waals surface area contributed by atoms with Crippen molar-refractivity contribution in [1.82, 2.24) is 10.2 Å². The molecular formula is C18H16ClN3S2. The van der Waals surface area contributed by atoms with Gasteiger partial charge in [0.15, 0.2) is 4.34 Å². The van der Waals surface area contributed by atoms with Crippen molar-refractivity contribution >= 4 is 45.9 Å². The molecule has 1 aromatic heterocycles. The third kappa shape index (κ3) is 5.37. The average molecular weight is 374 g/mol. The van der Waals surface area contributed by atoms with Gasteiger partial charge < -0.3 is 5.32 Å². The van der Waals surface area contributed by atoms with Gasteiger partial charge in [-0.3, -0.25) is 0 Å². The molecule has 0 aliphatic rings. The second-order valence-corrected chi connectivity index (χ2v) is 7.66. The molecule has 0 unspecified atom stereocenters. The fourth-order valence-electron chi connectivity index (χ4n) is 1.99. The summed E-state index contributed by atoms with van der Waals surface area (Å²) in [7, 11) is 0. The molecule has 3 nitrogen and oxygen atoms in total. The Morgan fingerprint density at radius 1 is 1.04 bits per heavy atom. The van der Waals surface area contributed by atoms with E-state index in [4.69, 9.17) is 11.6 Å². The van der Waals surface area contributed by atoms with Gasteiger partial charge in [-0.25, -0.2) is 0 Å². The molecular weight excluding hydrogens is 358 g/mol. The highest BCUT2D eigenvalue weighted by Crippen LogP contribution is 2.26. The lowest BCUT2D eigenvalue weighted by Gasteiger charge is -2.01. The molecule has 0 aliphatic carbocycles. The van der Waals surface area contributed by atoms with Crippen molar-refractivity contribution < 1.29 is 0 Å². The number of benzene rings is 2. The number of anilines is 1. The molecule has 0 radical (unpaired) electrons. The van der Waals surface area contributed by atoms with Crippen LogP contribution in [0.25, 0.3) is 6.08 Å². The Hall–Kier alpha value is -1.82. The van der Waals surface area contributed by atoms with Crippen molar-refractivity contribution in [2.24, 2.45) is 0 Å². The maximum absolute atomic E-state index is 5.88. The topological polar surface area (TPSA) is 37.8 Å². The molecule has 0 spiro atoms.